The van der Waals surface area contributed by atoms with Gasteiger partial charge in [0.1, 0.15) is 0 Å². The maximum Gasteiger partial charge on any atom is 0.218 e. The number of carbonyl (C=O) groups is 1. The van der Waals surface area contributed by atoms with Crippen molar-refractivity contribution in [3.05, 3.63) is 63.6 Å². The summed E-state index contributed by atoms with van der Waals surface area (Å²) in [5.74, 6) is 0.334. The zero-order chi connectivity index (χ0) is 27.1. The number of nitrogens with two attached hydrogens (primary N) is 1. The van der Waals surface area contributed by atoms with Gasteiger partial charge < -0.3 is 21.3 Å². The second-order valence-corrected chi connectivity index (χ2v) is 11.8. The van der Waals surface area contributed by atoms with Crippen LogP contribution in [-0.4, -0.2) is 48.0 Å². The summed E-state index contributed by atoms with van der Waals surface area (Å²) in [4.78, 5) is 19.6. The Labute approximate surface area is 237 Å². The van der Waals surface area contributed by atoms with Crippen LogP contribution in [0.3, 0.4) is 0 Å². The molecule has 1 amide bonds. The van der Waals surface area contributed by atoms with Gasteiger partial charge in [0.05, 0.1) is 6.04 Å². The van der Waals surface area contributed by atoms with Crippen LogP contribution in [0.15, 0.2) is 47.5 Å². The second kappa shape index (κ2) is 13.7. The number of aliphatic imine (C=N–C) groups is 1. The molecule has 0 spiro atoms. The van der Waals surface area contributed by atoms with E-state index in [2.05, 4.69) is 41.5 Å². The summed E-state index contributed by atoms with van der Waals surface area (Å²) in [7, 11) is 0. The fourth-order valence-corrected chi connectivity index (χ4v) is 6.29. The van der Waals surface area contributed by atoms with E-state index in [1.165, 1.54) is 32.1 Å². The Kier molecular flexibility index (Phi) is 10.3. The van der Waals surface area contributed by atoms with Gasteiger partial charge in [-0.1, -0.05) is 73.5 Å². The van der Waals surface area contributed by atoms with E-state index < -0.39 is 0 Å². The van der Waals surface area contributed by atoms with E-state index in [1.807, 2.05) is 18.2 Å². The summed E-state index contributed by atoms with van der Waals surface area (Å²) in [6, 6.07) is 14.7. The summed E-state index contributed by atoms with van der Waals surface area (Å²) in [5.41, 5.74) is 8.39. The van der Waals surface area contributed by atoms with Crippen LogP contribution < -0.4 is 16.4 Å². The molecule has 1 unspecified atom stereocenters. The molecule has 1 heterocycles. The van der Waals surface area contributed by atoms with Gasteiger partial charge in [-0.05, 0) is 62.1 Å². The van der Waals surface area contributed by atoms with E-state index in [0.717, 1.165) is 48.7 Å². The third-order valence-electron chi connectivity index (χ3n) is 7.55. The minimum absolute atomic E-state index is 0.166. The molecule has 2 aromatic carbocycles. The van der Waals surface area contributed by atoms with Gasteiger partial charge in [-0.15, -0.1) is 0 Å². The molecule has 1 aliphatic carbocycles. The van der Waals surface area contributed by atoms with Crippen LogP contribution in [0.5, 0.6) is 0 Å². The number of nitrogens with zero attached hydrogens (tertiary/aromatic N) is 2. The molecule has 4 rings (SSSR count). The summed E-state index contributed by atoms with van der Waals surface area (Å²) in [5, 5.41) is 8.37. The molecular formula is C30H41Cl2N5O. The molecule has 0 bridgehead atoms. The van der Waals surface area contributed by atoms with Crippen molar-refractivity contribution in [2.45, 2.75) is 89.3 Å². The number of anilines is 1. The number of piperazine rings is 1. The van der Waals surface area contributed by atoms with E-state index in [9.17, 15) is 4.79 Å². The highest BCUT2D eigenvalue weighted by Gasteiger charge is 2.25. The van der Waals surface area contributed by atoms with E-state index in [4.69, 9.17) is 33.9 Å². The molecule has 8 heteroatoms. The summed E-state index contributed by atoms with van der Waals surface area (Å²) >= 11 is 12.6. The van der Waals surface area contributed by atoms with Crippen molar-refractivity contribution < 1.29 is 4.79 Å². The predicted octanol–water partition coefficient (Wildman–Crippen LogP) is 6.56. The zero-order valence-electron chi connectivity index (χ0n) is 22.6. The molecule has 206 valence electrons. The molecule has 1 saturated carbocycles. The Morgan fingerprint density at radius 3 is 2.26 bits per heavy atom. The molecule has 2 aromatic rings. The van der Waals surface area contributed by atoms with Gasteiger partial charge in [0, 0.05) is 53.2 Å². The molecule has 2 aliphatic rings. The van der Waals surface area contributed by atoms with Crippen LogP contribution in [0.1, 0.15) is 82.3 Å². The SMILES string of the molecule is C[C@@H]1CN(/C(=N\C2CCCCCCC2)Nc2ccc(C(CC(N)=O)c3ccc(Cl)cc3Cl)cc2)C[C@H](C)N1. The summed E-state index contributed by atoms with van der Waals surface area (Å²) in [6.07, 6.45) is 8.93. The van der Waals surface area contributed by atoms with Crippen molar-refractivity contribution in [2.75, 3.05) is 18.4 Å². The molecule has 1 aliphatic heterocycles. The van der Waals surface area contributed by atoms with E-state index in [-0.39, 0.29) is 18.2 Å². The van der Waals surface area contributed by atoms with Crippen molar-refractivity contribution in [2.24, 2.45) is 10.7 Å². The number of rotatable bonds is 6. The smallest absolute Gasteiger partial charge is 0.218 e. The first kappa shape index (κ1) is 28.7. The Bertz CT molecular complexity index is 1090. The van der Waals surface area contributed by atoms with Gasteiger partial charge in [-0.2, -0.15) is 0 Å². The topological polar surface area (TPSA) is 82.8 Å². The standard InChI is InChI=1S/C30H41Cl2N5O/c1-20-18-37(19-21(2)34-20)30(35-24-8-6-4-3-5-7-9-24)36-25-13-10-22(11-14-25)27(17-29(33)38)26-15-12-23(31)16-28(26)32/h10-16,20-21,24,27,34H,3-9,17-19H2,1-2H3,(H2,33,38)(H,35,36)/t20-,21+,27?. The third kappa shape index (κ3) is 8.11. The molecule has 38 heavy (non-hydrogen) atoms. The minimum Gasteiger partial charge on any atom is -0.370 e. The van der Waals surface area contributed by atoms with Gasteiger partial charge >= 0.3 is 0 Å². The fourth-order valence-electron chi connectivity index (χ4n) is 5.75. The van der Waals surface area contributed by atoms with Gasteiger partial charge in [-0.3, -0.25) is 4.79 Å². The first-order valence-electron chi connectivity index (χ1n) is 14.0. The lowest BCUT2D eigenvalue weighted by atomic mass is 9.88. The monoisotopic (exact) mass is 557 g/mol. The first-order valence-corrected chi connectivity index (χ1v) is 14.7. The number of amides is 1. The van der Waals surface area contributed by atoms with Gasteiger partial charge in [0.15, 0.2) is 5.96 Å². The number of halogens is 2. The van der Waals surface area contributed by atoms with E-state index in [0.29, 0.717) is 28.2 Å². The molecule has 1 saturated heterocycles. The summed E-state index contributed by atoms with van der Waals surface area (Å²) < 4.78 is 0. The van der Waals surface area contributed by atoms with Crippen molar-refractivity contribution in [1.29, 1.82) is 0 Å². The average Bonchev–Trinajstić information content (AvgIpc) is 2.84. The Morgan fingerprint density at radius 2 is 1.66 bits per heavy atom. The van der Waals surface area contributed by atoms with Crippen LogP contribution >= 0.6 is 23.2 Å². The van der Waals surface area contributed by atoms with Gasteiger partial charge in [0.25, 0.3) is 0 Å². The van der Waals surface area contributed by atoms with E-state index >= 15 is 0 Å². The highest BCUT2D eigenvalue weighted by molar-refractivity contribution is 6.35. The van der Waals surface area contributed by atoms with Gasteiger partial charge in [-0.25, -0.2) is 4.99 Å². The largest absolute Gasteiger partial charge is 0.370 e. The Balaban J connectivity index is 1.58. The lowest BCUT2D eigenvalue weighted by molar-refractivity contribution is -0.118. The molecule has 6 nitrogen and oxygen atoms in total. The molecule has 0 aromatic heterocycles. The minimum atomic E-state index is -0.376. The van der Waals surface area contributed by atoms with E-state index in [1.54, 1.807) is 12.1 Å². The number of primary amides is 1. The van der Waals surface area contributed by atoms with Crippen LogP contribution in [-0.2, 0) is 4.79 Å². The second-order valence-electron chi connectivity index (χ2n) is 11.0. The lowest BCUT2D eigenvalue weighted by Gasteiger charge is -2.38. The quantitative estimate of drug-likeness (QED) is 0.277. The third-order valence-corrected chi connectivity index (χ3v) is 8.11. The number of guanidine groups is 1. The number of hydrogen-bond donors (Lipinski definition) is 3. The number of nitrogens with one attached hydrogen (secondary N) is 2. The van der Waals surface area contributed by atoms with Crippen LogP contribution in [0.2, 0.25) is 10.0 Å². The predicted molar refractivity (Wildman–Crippen MR) is 159 cm³/mol. The number of carbonyl (C=O) groups excluding carboxylic acids is 1. The maximum atomic E-state index is 11.9. The fraction of sp³-hybridized carbons (Fsp3) is 0.533. The molecule has 4 N–H and O–H groups in total. The van der Waals surface area contributed by atoms with Crippen molar-refractivity contribution in [1.82, 2.24) is 10.2 Å². The van der Waals surface area contributed by atoms with Crippen LogP contribution in [0, 0.1) is 0 Å². The molecule has 2 fully saturated rings. The molecule has 0 radical (unpaired) electrons. The van der Waals surface area contributed by atoms with Crippen molar-refractivity contribution >= 4 is 40.8 Å². The molecular weight excluding hydrogens is 517 g/mol. The highest BCUT2D eigenvalue weighted by Crippen LogP contribution is 2.35. The van der Waals surface area contributed by atoms with Crippen molar-refractivity contribution in [3.63, 3.8) is 0 Å². The Hall–Kier alpha value is -2.28. The van der Waals surface area contributed by atoms with Crippen LogP contribution in [0.25, 0.3) is 0 Å². The van der Waals surface area contributed by atoms with Crippen molar-refractivity contribution in [3.8, 4) is 0 Å². The van der Waals surface area contributed by atoms with Gasteiger partial charge in [0.2, 0.25) is 5.91 Å². The Morgan fingerprint density at radius 1 is 1.03 bits per heavy atom. The van der Waals surface area contributed by atoms with Crippen LogP contribution in [0.4, 0.5) is 5.69 Å². The number of benzene rings is 2. The molecule has 3 atom stereocenters. The first-order chi connectivity index (χ1) is 18.3. The maximum absolute atomic E-state index is 11.9. The number of hydrogen-bond acceptors (Lipinski definition) is 3. The lowest BCUT2D eigenvalue weighted by Crippen LogP contribution is -2.57. The highest BCUT2D eigenvalue weighted by atomic mass is 35.5. The zero-order valence-corrected chi connectivity index (χ0v) is 24.1. The normalized spacial score (nSPS) is 22.4. The average molecular weight is 559 g/mol. The summed E-state index contributed by atoms with van der Waals surface area (Å²) in [6.45, 7) is 6.28.